The van der Waals surface area contributed by atoms with Crippen LogP contribution in [0.15, 0.2) is 47.4 Å². The minimum absolute atomic E-state index is 0.271. The summed E-state index contributed by atoms with van der Waals surface area (Å²) in [5.74, 6) is -1.28. The van der Waals surface area contributed by atoms with Gasteiger partial charge in [-0.2, -0.15) is 39.5 Å². The average molecular weight is 601 g/mol. The van der Waals surface area contributed by atoms with Gasteiger partial charge in [0.05, 0.1) is 16.0 Å². The fourth-order valence-electron chi connectivity index (χ4n) is 4.36. The van der Waals surface area contributed by atoms with Crippen LogP contribution in [0.2, 0.25) is 0 Å². The molecule has 0 unspecified atom stereocenters. The predicted octanol–water partition coefficient (Wildman–Crippen LogP) is 5.91. The zero-order valence-electron chi connectivity index (χ0n) is 18.7. The summed E-state index contributed by atoms with van der Waals surface area (Å²) < 4.78 is 182. The van der Waals surface area contributed by atoms with E-state index in [1.807, 2.05) is 0 Å². The van der Waals surface area contributed by atoms with Crippen molar-refractivity contribution in [3.63, 3.8) is 0 Å². The molecule has 2 aromatic rings. The molecule has 17 heteroatoms. The van der Waals surface area contributed by atoms with E-state index >= 15 is 0 Å². The van der Waals surface area contributed by atoms with Crippen LogP contribution >= 0.6 is 0 Å². The summed E-state index contributed by atoms with van der Waals surface area (Å²) in [6.45, 7) is 0. The molecule has 1 fully saturated rings. The first-order valence-electron chi connectivity index (χ1n) is 10.5. The first kappa shape index (κ1) is 30.1. The molecule has 2 aromatic carbocycles. The van der Waals surface area contributed by atoms with E-state index in [0.717, 1.165) is 0 Å². The van der Waals surface area contributed by atoms with E-state index in [1.54, 1.807) is 0 Å². The van der Waals surface area contributed by atoms with Crippen LogP contribution in [0.5, 0.6) is 0 Å². The van der Waals surface area contributed by atoms with Crippen LogP contribution < -0.4 is 4.72 Å². The van der Waals surface area contributed by atoms with Crippen molar-refractivity contribution in [1.82, 2.24) is 4.72 Å². The molecule has 0 aliphatic heterocycles. The number of sulfone groups is 1. The Labute approximate surface area is 209 Å². The lowest BCUT2D eigenvalue weighted by Crippen LogP contribution is -2.49. The van der Waals surface area contributed by atoms with E-state index in [9.17, 15) is 60.7 Å². The Morgan fingerprint density at radius 1 is 0.763 bits per heavy atom. The molecular weight excluding hydrogens is 584 g/mol. The van der Waals surface area contributed by atoms with Gasteiger partial charge in [0.15, 0.2) is 9.84 Å². The number of halogens is 10. The highest BCUT2D eigenvalue weighted by Gasteiger charge is 2.54. The molecule has 1 N–H and O–H groups in total. The molecule has 0 radical (unpaired) electrons. The Balaban J connectivity index is 2.16. The van der Waals surface area contributed by atoms with Crippen LogP contribution in [0.25, 0.3) is 0 Å². The summed E-state index contributed by atoms with van der Waals surface area (Å²) in [4.78, 5) is -0.850. The van der Waals surface area contributed by atoms with Crippen molar-refractivity contribution in [2.45, 2.75) is 59.2 Å². The number of nitrogens with one attached hydrogen (secondary N) is 1. The minimum Gasteiger partial charge on any atom is -0.223 e. The van der Waals surface area contributed by atoms with Gasteiger partial charge in [0.2, 0.25) is 0 Å². The highest BCUT2D eigenvalue weighted by atomic mass is 32.2. The van der Waals surface area contributed by atoms with E-state index in [0.29, 0.717) is 36.4 Å². The van der Waals surface area contributed by atoms with Crippen LogP contribution in [-0.2, 0) is 37.0 Å². The normalized spacial score (nSPS) is 21.9. The van der Waals surface area contributed by atoms with Gasteiger partial charge >= 0.3 is 27.9 Å². The van der Waals surface area contributed by atoms with Gasteiger partial charge in [-0.25, -0.2) is 25.9 Å². The largest absolute Gasteiger partial charge is 0.511 e. The number of rotatable bonds is 5. The molecule has 0 heterocycles. The molecule has 0 amide bonds. The predicted molar refractivity (Wildman–Crippen MR) is 112 cm³/mol. The van der Waals surface area contributed by atoms with Gasteiger partial charge in [-0.05, 0) is 73.7 Å². The summed E-state index contributed by atoms with van der Waals surface area (Å²) in [5, 5.41) is 0. The lowest BCUT2D eigenvalue weighted by atomic mass is 9.79. The van der Waals surface area contributed by atoms with E-state index in [2.05, 4.69) is 0 Å². The summed E-state index contributed by atoms with van der Waals surface area (Å²) in [6, 6.07) is 1.20. The first-order chi connectivity index (χ1) is 17.1. The molecule has 0 bridgehead atoms. The summed E-state index contributed by atoms with van der Waals surface area (Å²) in [5.41, 5.74) is -9.66. The molecule has 1 aliphatic rings. The number of sulfonamides is 1. The SMILES string of the molecule is O=S(=O)(NC1CCC(c2cc(F)ccc2C(F)(F)F)(S(=O)(=O)c2ccc(C(F)(F)F)cc2)CC1)C(F)(F)F. The zero-order valence-corrected chi connectivity index (χ0v) is 20.3. The van der Waals surface area contributed by atoms with E-state index in [-0.39, 0.29) is 6.07 Å². The lowest BCUT2D eigenvalue weighted by molar-refractivity contribution is -0.139. The van der Waals surface area contributed by atoms with Crippen molar-refractivity contribution in [2.75, 3.05) is 0 Å². The molecule has 0 saturated heterocycles. The number of benzene rings is 2. The highest BCUT2D eigenvalue weighted by Crippen LogP contribution is 2.51. The number of alkyl halides is 9. The molecule has 1 saturated carbocycles. The molecule has 38 heavy (non-hydrogen) atoms. The van der Waals surface area contributed by atoms with Gasteiger partial charge in [-0.1, -0.05) is 0 Å². The van der Waals surface area contributed by atoms with E-state index in [4.69, 9.17) is 0 Å². The fraction of sp³-hybridized carbons (Fsp3) is 0.429. The number of hydrogen-bond donors (Lipinski definition) is 1. The second-order valence-electron chi connectivity index (χ2n) is 8.55. The molecule has 5 nitrogen and oxygen atoms in total. The van der Waals surface area contributed by atoms with Gasteiger partial charge in [0.25, 0.3) is 0 Å². The third kappa shape index (κ3) is 5.64. The fourth-order valence-corrected chi connectivity index (χ4v) is 7.35. The van der Waals surface area contributed by atoms with Crippen LogP contribution in [0.3, 0.4) is 0 Å². The molecule has 3 rings (SSSR count). The van der Waals surface area contributed by atoms with Crippen molar-refractivity contribution in [1.29, 1.82) is 0 Å². The topological polar surface area (TPSA) is 80.3 Å². The summed E-state index contributed by atoms with van der Waals surface area (Å²) in [6.07, 6.45) is -13.4. The van der Waals surface area contributed by atoms with Crippen LogP contribution in [-0.4, -0.2) is 28.4 Å². The van der Waals surface area contributed by atoms with Crippen molar-refractivity contribution < 1.29 is 60.7 Å². The minimum atomic E-state index is -5.89. The molecule has 0 spiro atoms. The van der Waals surface area contributed by atoms with Gasteiger partial charge in [0, 0.05) is 6.04 Å². The van der Waals surface area contributed by atoms with Gasteiger partial charge < -0.3 is 0 Å². The highest BCUT2D eigenvalue weighted by molar-refractivity contribution is 7.92. The summed E-state index contributed by atoms with van der Waals surface area (Å²) in [7, 11) is -11.0. The zero-order chi connectivity index (χ0) is 28.9. The van der Waals surface area contributed by atoms with Gasteiger partial charge in [-0.15, -0.1) is 0 Å². The smallest absolute Gasteiger partial charge is 0.223 e. The molecular formula is C21H17F10NO4S2. The Morgan fingerprint density at radius 3 is 1.74 bits per heavy atom. The second-order valence-corrected chi connectivity index (χ2v) is 12.5. The van der Waals surface area contributed by atoms with Crippen molar-refractivity contribution in [3.8, 4) is 0 Å². The quantitative estimate of drug-likeness (QED) is 0.432. The van der Waals surface area contributed by atoms with Crippen molar-refractivity contribution in [2.24, 2.45) is 0 Å². The maximum atomic E-state index is 14.2. The average Bonchev–Trinajstić information content (AvgIpc) is 2.77. The monoisotopic (exact) mass is 601 g/mol. The van der Waals surface area contributed by atoms with Gasteiger partial charge in [0.1, 0.15) is 10.6 Å². The molecule has 212 valence electrons. The second kappa shape index (κ2) is 9.66. The standard InChI is InChI=1S/C21H17F10NO4S2/c22-13-3-6-16(20(26,27)28)17(11-13)18(9-7-14(8-10-18)32-38(35,36)21(29,30)31)37(33,34)15-4-1-12(2-5-15)19(23,24)25/h1-6,11,14,32H,7-10H2. The number of hydrogen-bond acceptors (Lipinski definition) is 4. The van der Waals surface area contributed by atoms with Crippen LogP contribution in [0.4, 0.5) is 43.9 Å². The Morgan fingerprint density at radius 2 is 1.29 bits per heavy atom. The van der Waals surface area contributed by atoms with E-state index in [1.165, 1.54) is 4.72 Å². The van der Waals surface area contributed by atoms with Gasteiger partial charge in [-0.3, -0.25) is 0 Å². The molecule has 0 atom stereocenters. The van der Waals surface area contributed by atoms with E-state index < -0.39 is 102 Å². The van der Waals surface area contributed by atoms with Crippen LogP contribution in [0.1, 0.15) is 42.4 Å². The van der Waals surface area contributed by atoms with Crippen molar-refractivity contribution in [3.05, 3.63) is 65.0 Å². The lowest BCUT2D eigenvalue weighted by Gasteiger charge is -2.41. The maximum absolute atomic E-state index is 14.2. The maximum Gasteiger partial charge on any atom is 0.511 e. The van der Waals surface area contributed by atoms with Crippen LogP contribution in [0, 0.1) is 5.82 Å². The van der Waals surface area contributed by atoms with Crippen molar-refractivity contribution >= 4 is 19.9 Å². The third-order valence-electron chi connectivity index (χ3n) is 6.20. The molecule has 0 aromatic heterocycles. The Hall–Kier alpha value is -2.40. The Kier molecular flexibility index (Phi) is 7.66. The summed E-state index contributed by atoms with van der Waals surface area (Å²) >= 11 is 0. The third-order valence-corrected chi connectivity index (χ3v) is 10.0. The first-order valence-corrected chi connectivity index (χ1v) is 13.5. The Bertz CT molecular complexity index is 1390. The molecule has 1 aliphatic carbocycles.